The first-order valence-corrected chi connectivity index (χ1v) is 11.0. The van der Waals surface area contributed by atoms with E-state index in [4.69, 9.17) is 9.47 Å². The van der Waals surface area contributed by atoms with E-state index < -0.39 is 33.3 Å². The summed E-state index contributed by atoms with van der Waals surface area (Å²) in [7, 11) is -4.02. The van der Waals surface area contributed by atoms with Gasteiger partial charge >= 0.3 is 12.1 Å². The van der Waals surface area contributed by atoms with E-state index in [2.05, 4.69) is 0 Å². The van der Waals surface area contributed by atoms with Crippen molar-refractivity contribution in [3.63, 3.8) is 0 Å². The van der Waals surface area contributed by atoms with Crippen molar-refractivity contribution >= 4 is 16.0 Å². The van der Waals surface area contributed by atoms with Crippen molar-refractivity contribution in [3.05, 3.63) is 0 Å². The van der Waals surface area contributed by atoms with E-state index in [-0.39, 0.29) is 51.7 Å². The van der Waals surface area contributed by atoms with Crippen molar-refractivity contribution < 1.29 is 41.0 Å². The Bertz CT molecular complexity index is 611. The fraction of sp³-hybridized carbons (Fsp3) is 0.941. The molecule has 2 aliphatic rings. The zero-order valence-corrected chi connectivity index (χ0v) is 16.6. The minimum atomic E-state index is -4.13. The summed E-state index contributed by atoms with van der Waals surface area (Å²) in [4.78, 5) is 11.8. The number of sulfonamides is 1. The van der Waals surface area contributed by atoms with Crippen LogP contribution in [0.5, 0.6) is 0 Å². The average Bonchev–Trinajstić information content (AvgIpc) is 2.64. The highest BCUT2D eigenvalue weighted by Gasteiger charge is 2.54. The van der Waals surface area contributed by atoms with Gasteiger partial charge < -0.3 is 14.6 Å². The normalized spacial score (nSPS) is 22.2. The quantitative estimate of drug-likeness (QED) is 0.564. The molecule has 0 amide bonds. The first kappa shape index (κ1) is 23.4. The number of aliphatic carboxylic acids is 1. The fourth-order valence-electron chi connectivity index (χ4n) is 3.62. The maximum Gasteiger partial charge on any atom is 0.389 e. The van der Waals surface area contributed by atoms with Gasteiger partial charge in [-0.3, -0.25) is 4.79 Å². The van der Waals surface area contributed by atoms with Gasteiger partial charge in [-0.2, -0.15) is 13.2 Å². The van der Waals surface area contributed by atoms with Crippen LogP contribution < -0.4 is 0 Å². The van der Waals surface area contributed by atoms with E-state index in [9.17, 15) is 31.5 Å². The predicted molar refractivity (Wildman–Crippen MR) is 94.4 cm³/mol. The molecular formula is C17H28F3NO6S. The molecule has 0 aromatic carbocycles. The fourth-order valence-corrected chi connectivity index (χ4v) is 5.71. The van der Waals surface area contributed by atoms with Crippen LogP contribution in [0, 0.1) is 0 Å². The van der Waals surface area contributed by atoms with Crippen LogP contribution in [0.4, 0.5) is 13.2 Å². The molecular weight excluding hydrogens is 403 g/mol. The first-order chi connectivity index (χ1) is 13.1. The van der Waals surface area contributed by atoms with E-state index >= 15 is 0 Å². The lowest BCUT2D eigenvalue weighted by molar-refractivity contribution is -0.143. The smallest absolute Gasteiger partial charge is 0.389 e. The number of alkyl halides is 3. The molecule has 1 N–H and O–H groups in total. The van der Waals surface area contributed by atoms with Crippen LogP contribution in [0.2, 0.25) is 0 Å². The van der Waals surface area contributed by atoms with Gasteiger partial charge in [-0.1, -0.05) is 6.42 Å². The van der Waals surface area contributed by atoms with E-state index in [0.717, 1.165) is 0 Å². The zero-order chi connectivity index (χ0) is 20.8. The lowest BCUT2D eigenvalue weighted by atomic mass is 9.99. The summed E-state index contributed by atoms with van der Waals surface area (Å²) in [5, 5.41) is 9.59. The molecule has 2 aliphatic heterocycles. The van der Waals surface area contributed by atoms with Crippen LogP contribution in [0.3, 0.4) is 0 Å². The van der Waals surface area contributed by atoms with Gasteiger partial charge in [0.05, 0.1) is 6.10 Å². The van der Waals surface area contributed by atoms with Crippen LogP contribution in [0.15, 0.2) is 0 Å². The molecule has 7 nitrogen and oxygen atoms in total. The van der Waals surface area contributed by atoms with Crippen molar-refractivity contribution in [1.29, 1.82) is 0 Å². The van der Waals surface area contributed by atoms with Gasteiger partial charge in [0.15, 0.2) is 4.75 Å². The first-order valence-electron chi connectivity index (χ1n) is 9.58. The van der Waals surface area contributed by atoms with Crippen LogP contribution in [-0.2, 0) is 24.3 Å². The van der Waals surface area contributed by atoms with E-state index in [0.29, 0.717) is 32.3 Å². The number of carboxylic acids is 1. The van der Waals surface area contributed by atoms with Crippen LogP contribution >= 0.6 is 0 Å². The Morgan fingerprint density at radius 2 is 1.75 bits per heavy atom. The number of piperidine rings is 1. The average molecular weight is 431 g/mol. The van der Waals surface area contributed by atoms with Gasteiger partial charge in [0, 0.05) is 52.2 Å². The Morgan fingerprint density at radius 1 is 1.14 bits per heavy atom. The topological polar surface area (TPSA) is 93.1 Å². The predicted octanol–water partition coefficient (Wildman–Crippen LogP) is 2.55. The van der Waals surface area contributed by atoms with Crippen LogP contribution in [0.1, 0.15) is 51.4 Å². The second-order valence-corrected chi connectivity index (χ2v) is 9.56. The summed E-state index contributed by atoms with van der Waals surface area (Å²) in [6.07, 6.45) is -3.32. The summed E-state index contributed by atoms with van der Waals surface area (Å²) < 4.78 is 72.4. The Hall–Kier alpha value is -0.910. The summed E-state index contributed by atoms with van der Waals surface area (Å²) in [5.41, 5.74) is 0. The van der Waals surface area contributed by atoms with E-state index in [1.807, 2.05) is 0 Å². The largest absolute Gasteiger partial charge is 0.480 e. The number of carbonyl (C=O) groups is 1. The van der Waals surface area contributed by atoms with Crippen molar-refractivity contribution in [2.45, 2.75) is 68.4 Å². The van der Waals surface area contributed by atoms with Gasteiger partial charge in [-0.25, -0.2) is 12.7 Å². The number of unbranched alkanes of at least 4 members (excludes halogenated alkanes) is 2. The third-order valence-corrected chi connectivity index (χ3v) is 8.00. The molecule has 0 aromatic rings. The van der Waals surface area contributed by atoms with Crippen molar-refractivity contribution in [3.8, 4) is 0 Å². The number of hydrogen-bond donors (Lipinski definition) is 1. The highest BCUT2D eigenvalue weighted by molar-refractivity contribution is 7.91. The van der Waals surface area contributed by atoms with Gasteiger partial charge in [0.25, 0.3) is 0 Å². The lowest BCUT2D eigenvalue weighted by Gasteiger charge is -2.39. The molecule has 2 fully saturated rings. The molecule has 0 aromatic heterocycles. The van der Waals surface area contributed by atoms with Gasteiger partial charge in [-0.05, 0) is 25.7 Å². The Morgan fingerprint density at radius 3 is 2.29 bits per heavy atom. The molecule has 11 heteroatoms. The second kappa shape index (κ2) is 9.73. The minimum absolute atomic E-state index is 0.0704. The van der Waals surface area contributed by atoms with Crippen LogP contribution in [0.25, 0.3) is 0 Å². The number of nitrogens with zero attached hydrogens (tertiary/aromatic N) is 1. The molecule has 28 heavy (non-hydrogen) atoms. The maximum absolute atomic E-state index is 13.0. The Balaban J connectivity index is 1.77. The molecule has 2 heterocycles. The van der Waals surface area contributed by atoms with Crippen molar-refractivity contribution in [2.75, 3.05) is 32.9 Å². The van der Waals surface area contributed by atoms with Crippen molar-refractivity contribution in [1.82, 2.24) is 4.31 Å². The molecule has 0 spiro atoms. The lowest BCUT2D eigenvalue weighted by Crippen LogP contribution is -2.57. The van der Waals surface area contributed by atoms with E-state index in [1.165, 1.54) is 4.31 Å². The maximum atomic E-state index is 13.0. The van der Waals surface area contributed by atoms with Gasteiger partial charge in [0.1, 0.15) is 0 Å². The number of rotatable bonds is 9. The van der Waals surface area contributed by atoms with Gasteiger partial charge in [-0.15, -0.1) is 0 Å². The third kappa shape index (κ3) is 5.80. The molecule has 0 saturated carbocycles. The monoisotopic (exact) mass is 431 g/mol. The molecule has 164 valence electrons. The molecule has 2 saturated heterocycles. The van der Waals surface area contributed by atoms with E-state index in [1.54, 1.807) is 0 Å². The third-order valence-electron chi connectivity index (χ3n) is 5.38. The Labute approximate surface area is 163 Å². The molecule has 2 rings (SSSR count). The number of ether oxygens (including phenoxy) is 2. The number of carboxylic acid groups (broad SMARTS) is 1. The van der Waals surface area contributed by atoms with Crippen molar-refractivity contribution in [2.24, 2.45) is 0 Å². The summed E-state index contributed by atoms with van der Waals surface area (Å²) >= 11 is 0. The highest BCUT2D eigenvalue weighted by Crippen LogP contribution is 2.34. The summed E-state index contributed by atoms with van der Waals surface area (Å²) in [6, 6.07) is 0. The standard InChI is InChI=1S/C17H28F3NO6S/c18-17(19,20)6-2-1-3-11-27-14-4-9-21(10-5-14)28(24,25)16(15(22)23)7-12-26-13-8-16/h14H,1-13H2,(H,22,23). The Kier molecular flexibility index (Phi) is 8.12. The molecule has 0 atom stereocenters. The molecule has 0 aliphatic carbocycles. The summed E-state index contributed by atoms with van der Waals surface area (Å²) in [6.45, 7) is 0.887. The molecule has 0 unspecified atom stereocenters. The molecule has 0 radical (unpaired) electrons. The zero-order valence-electron chi connectivity index (χ0n) is 15.7. The van der Waals surface area contributed by atoms with Crippen LogP contribution in [-0.4, -0.2) is 73.7 Å². The number of halogens is 3. The number of hydrogen-bond acceptors (Lipinski definition) is 5. The minimum Gasteiger partial charge on any atom is -0.480 e. The van der Waals surface area contributed by atoms with Gasteiger partial charge in [0.2, 0.25) is 10.0 Å². The SMILES string of the molecule is O=C(O)C1(S(=O)(=O)N2CCC(OCCCCCC(F)(F)F)CC2)CCOCC1. The summed E-state index contributed by atoms with van der Waals surface area (Å²) in [5.74, 6) is -1.34. The molecule has 0 bridgehead atoms. The highest BCUT2D eigenvalue weighted by atomic mass is 32.2. The second-order valence-electron chi connectivity index (χ2n) is 7.31.